The number of carboxylic acid groups (broad SMARTS) is 1. The third kappa shape index (κ3) is 3.83. The molecule has 0 spiro atoms. The van der Waals surface area contributed by atoms with Crippen LogP contribution >= 0.6 is 0 Å². The van der Waals surface area contributed by atoms with Gasteiger partial charge in [0, 0.05) is 12.8 Å². The first-order valence-corrected chi connectivity index (χ1v) is 6.74. The second-order valence-electron chi connectivity index (χ2n) is 4.91. The lowest BCUT2D eigenvalue weighted by atomic mass is 10.0. The van der Waals surface area contributed by atoms with Crippen molar-refractivity contribution in [3.8, 4) is 0 Å². The molecule has 0 saturated carbocycles. The number of aliphatic carboxylic acids is 1. The predicted molar refractivity (Wildman–Crippen MR) is 82.3 cm³/mol. The molecule has 0 amide bonds. The smallest absolute Gasteiger partial charge is 0.330 e. The number of benzene rings is 2. The molecule has 110 valence electrons. The Kier molecular flexibility index (Phi) is 4.95. The number of aryl methyl sites for hydroxylation is 1. The largest absolute Gasteiger partial charge is 0.479 e. The summed E-state index contributed by atoms with van der Waals surface area (Å²) < 4.78 is 5.09. The van der Waals surface area contributed by atoms with Gasteiger partial charge in [0.25, 0.3) is 0 Å². The van der Waals surface area contributed by atoms with Gasteiger partial charge in [-0.1, -0.05) is 42.5 Å². The first-order valence-electron chi connectivity index (χ1n) is 6.74. The topological polar surface area (TPSA) is 58.6 Å². The second kappa shape index (κ2) is 6.90. The number of carboxylic acids is 1. The number of anilines is 1. The highest BCUT2D eigenvalue weighted by Gasteiger charge is 2.20. The minimum absolute atomic E-state index is 0.463. The van der Waals surface area contributed by atoms with Crippen LogP contribution in [0.1, 0.15) is 22.7 Å². The molecule has 0 heterocycles. The van der Waals surface area contributed by atoms with Crippen LogP contribution in [0.5, 0.6) is 0 Å². The maximum atomic E-state index is 11.6. The molecule has 0 fully saturated rings. The van der Waals surface area contributed by atoms with Crippen molar-refractivity contribution in [2.75, 3.05) is 12.4 Å². The Balaban J connectivity index is 2.29. The number of rotatable bonds is 6. The summed E-state index contributed by atoms with van der Waals surface area (Å²) in [5.41, 5.74) is 3.49. The number of hydrogen-bond donors (Lipinski definition) is 2. The molecule has 0 bridgehead atoms. The fraction of sp³-hybridized carbons (Fsp3) is 0.235. The summed E-state index contributed by atoms with van der Waals surface area (Å²) >= 11 is 0. The quantitative estimate of drug-likeness (QED) is 0.854. The number of ether oxygens (including phenoxy) is 1. The van der Waals surface area contributed by atoms with Gasteiger partial charge in [0.1, 0.15) is 0 Å². The normalized spacial score (nSPS) is 11.9. The highest BCUT2D eigenvalue weighted by atomic mass is 16.5. The summed E-state index contributed by atoms with van der Waals surface area (Å²) in [4.78, 5) is 11.6. The highest BCUT2D eigenvalue weighted by molar-refractivity contribution is 5.79. The molecular weight excluding hydrogens is 266 g/mol. The lowest BCUT2D eigenvalue weighted by molar-refractivity contribution is -0.138. The van der Waals surface area contributed by atoms with Crippen molar-refractivity contribution in [3.05, 3.63) is 65.2 Å². The van der Waals surface area contributed by atoms with Crippen LogP contribution < -0.4 is 5.32 Å². The standard InChI is InChI=1S/C17H19NO3/c1-12-6-3-4-9-15(12)18-16(17(19)20)14-8-5-7-13(10-14)11-21-2/h3-10,16,18H,11H2,1-2H3,(H,19,20). The summed E-state index contributed by atoms with van der Waals surface area (Å²) in [6.45, 7) is 2.41. The van der Waals surface area contributed by atoms with E-state index in [1.165, 1.54) is 0 Å². The number of para-hydroxylation sites is 1. The van der Waals surface area contributed by atoms with Gasteiger partial charge in [-0.25, -0.2) is 4.79 Å². The monoisotopic (exact) mass is 285 g/mol. The zero-order valence-electron chi connectivity index (χ0n) is 12.2. The van der Waals surface area contributed by atoms with Gasteiger partial charge in [0.15, 0.2) is 6.04 Å². The Labute approximate surface area is 124 Å². The molecule has 0 aliphatic heterocycles. The van der Waals surface area contributed by atoms with E-state index in [9.17, 15) is 9.90 Å². The van der Waals surface area contributed by atoms with Gasteiger partial charge >= 0.3 is 5.97 Å². The lowest BCUT2D eigenvalue weighted by Crippen LogP contribution is -2.21. The summed E-state index contributed by atoms with van der Waals surface area (Å²) in [7, 11) is 1.62. The van der Waals surface area contributed by atoms with E-state index in [1.807, 2.05) is 55.5 Å². The molecule has 2 rings (SSSR count). The van der Waals surface area contributed by atoms with E-state index in [4.69, 9.17) is 4.74 Å². The molecule has 2 aromatic rings. The summed E-state index contributed by atoms with van der Waals surface area (Å²) in [6, 6.07) is 14.3. The molecule has 2 N–H and O–H groups in total. The lowest BCUT2D eigenvalue weighted by Gasteiger charge is -2.18. The van der Waals surface area contributed by atoms with Crippen LogP contribution in [0.15, 0.2) is 48.5 Å². The van der Waals surface area contributed by atoms with E-state index >= 15 is 0 Å². The molecule has 1 atom stereocenters. The Morgan fingerprint density at radius 3 is 2.67 bits per heavy atom. The van der Waals surface area contributed by atoms with Gasteiger partial charge < -0.3 is 15.2 Å². The van der Waals surface area contributed by atoms with Gasteiger partial charge in [0.2, 0.25) is 0 Å². The van der Waals surface area contributed by atoms with Crippen LogP contribution in [0.25, 0.3) is 0 Å². The van der Waals surface area contributed by atoms with Crippen molar-refractivity contribution in [3.63, 3.8) is 0 Å². The molecule has 2 aromatic carbocycles. The molecule has 4 heteroatoms. The van der Waals surface area contributed by atoms with Crippen molar-refractivity contribution in [2.45, 2.75) is 19.6 Å². The zero-order valence-corrected chi connectivity index (χ0v) is 12.2. The van der Waals surface area contributed by atoms with E-state index in [0.717, 1.165) is 16.8 Å². The van der Waals surface area contributed by atoms with Crippen LogP contribution in [0.3, 0.4) is 0 Å². The number of carbonyl (C=O) groups is 1. The van der Waals surface area contributed by atoms with Crippen LogP contribution in [-0.4, -0.2) is 18.2 Å². The Morgan fingerprint density at radius 1 is 1.24 bits per heavy atom. The average molecular weight is 285 g/mol. The minimum atomic E-state index is -0.909. The highest BCUT2D eigenvalue weighted by Crippen LogP contribution is 2.23. The minimum Gasteiger partial charge on any atom is -0.479 e. The van der Waals surface area contributed by atoms with Gasteiger partial charge in [-0.05, 0) is 29.7 Å². The van der Waals surface area contributed by atoms with Crippen LogP contribution in [-0.2, 0) is 16.1 Å². The predicted octanol–water partition coefficient (Wildman–Crippen LogP) is 3.38. The molecule has 0 radical (unpaired) electrons. The molecule has 1 unspecified atom stereocenters. The SMILES string of the molecule is COCc1cccc(C(Nc2ccccc2C)C(=O)O)c1. The maximum absolute atomic E-state index is 11.6. The van der Waals surface area contributed by atoms with E-state index in [0.29, 0.717) is 12.2 Å². The first-order chi connectivity index (χ1) is 10.1. The van der Waals surface area contributed by atoms with Crippen LogP contribution in [0.2, 0.25) is 0 Å². The molecule has 0 aromatic heterocycles. The second-order valence-corrected chi connectivity index (χ2v) is 4.91. The zero-order chi connectivity index (χ0) is 15.2. The number of hydrogen-bond acceptors (Lipinski definition) is 3. The molecule has 0 aliphatic carbocycles. The summed E-state index contributed by atoms with van der Waals surface area (Å²) in [5, 5.41) is 12.6. The summed E-state index contributed by atoms with van der Waals surface area (Å²) in [5.74, 6) is -0.909. The van der Waals surface area contributed by atoms with E-state index < -0.39 is 12.0 Å². The van der Waals surface area contributed by atoms with E-state index in [2.05, 4.69) is 5.32 Å². The van der Waals surface area contributed by atoms with Crippen molar-refractivity contribution in [2.24, 2.45) is 0 Å². The third-order valence-electron chi connectivity index (χ3n) is 3.29. The molecular formula is C17H19NO3. The number of methoxy groups -OCH3 is 1. The van der Waals surface area contributed by atoms with Crippen LogP contribution in [0.4, 0.5) is 5.69 Å². The molecule has 4 nitrogen and oxygen atoms in total. The number of nitrogens with one attached hydrogen (secondary N) is 1. The molecule has 0 aliphatic rings. The Morgan fingerprint density at radius 2 is 2.00 bits per heavy atom. The molecule has 21 heavy (non-hydrogen) atoms. The van der Waals surface area contributed by atoms with Crippen molar-refractivity contribution in [1.82, 2.24) is 0 Å². The Bertz CT molecular complexity index is 625. The maximum Gasteiger partial charge on any atom is 0.330 e. The van der Waals surface area contributed by atoms with Crippen molar-refractivity contribution in [1.29, 1.82) is 0 Å². The van der Waals surface area contributed by atoms with E-state index in [-0.39, 0.29) is 0 Å². The Hall–Kier alpha value is -2.33. The third-order valence-corrected chi connectivity index (χ3v) is 3.29. The van der Waals surface area contributed by atoms with E-state index in [1.54, 1.807) is 7.11 Å². The van der Waals surface area contributed by atoms with Gasteiger partial charge in [-0.3, -0.25) is 0 Å². The first kappa shape index (κ1) is 15.1. The fourth-order valence-corrected chi connectivity index (χ4v) is 2.21. The van der Waals surface area contributed by atoms with Crippen molar-refractivity contribution >= 4 is 11.7 Å². The average Bonchev–Trinajstić information content (AvgIpc) is 2.46. The van der Waals surface area contributed by atoms with Gasteiger partial charge in [-0.2, -0.15) is 0 Å². The van der Waals surface area contributed by atoms with Gasteiger partial charge in [0.05, 0.1) is 6.61 Å². The molecule has 0 saturated heterocycles. The van der Waals surface area contributed by atoms with Crippen molar-refractivity contribution < 1.29 is 14.6 Å². The summed E-state index contributed by atoms with van der Waals surface area (Å²) in [6.07, 6.45) is 0. The van der Waals surface area contributed by atoms with Gasteiger partial charge in [-0.15, -0.1) is 0 Å². The fourth-order valence-electron chi connectivity index (χ4n) is 2.21. The van der Waals surface area contributed by atoms with Crippen LogP contribution in [0, 0.1) is 6.92 Å².